The lowest BCUT2D eigenvalue weighted by Gasteiger charge is -2.33. The van der Waals surface area contributed by atoms with E-state index >= 15 is 0 Å². The van der Waals surface area contributed by atoms with Gasteiger partial charge in [0.2, 0.25) is 5.89 Å². The van der Waals surface area contributed by atoms with Crippen molar-refractivity contribution in [3.05, 3.63) is 119 Å². The second-order valence-corrected chi connectivity index (χ2v) is 15.5. The van der Waals surface area contributed by atoms with Crippen molar-refractivity contribution in [3.63, 3.8) is 0 Å². The van der Waals surface area contributed by atoms with Gasteiger partial charge in [0.1, 0.15) is 23.1 Å². The second-order valence-electron chi connectivity index (χ2n) is 15.5. The summed E-state index contributed by atoms with van der Waals surface area (Å²) in [6.45, 7) is 1.77. The molecule has 2 saturated heterocycles. The molecule has 2 fully saturated rings. The number of amides is 5. The molecule has 67 heavy (non-hydrogen) atoms. The molecule has 2 aliphatic rings. The number of methoxy groups -OCH3 is 2. The van der Waals surface area contributed by atoms with E-state index < -0.39 is 48.6 Å². The van der Waals surface area contributed by atoms with E-state index in [1.807, 2.05) is 0 Å². The number of aromatic nitrogens is 2. The molecule has 5 amide bonds. The predicted molar refractivity (Wildman–Crippen MR) is 234 cm³/mol. The van der Waals surface area contributed by atoms with Crippen molar-refractivity contribution in [1.29, 1.82) is 0 Å². The van der Waals surface area contributed by atoms with Crippen molar-refractivity contribution in [2.75, 3.05) is 56.7 Å². The zero-order valence-electron chi connectivity index (χ0n) is 36.7. The van der Waals surface area contributed by atoms with Crippen molar-refractivity contribution in [1.82, 2.24) is 25.3 Å². The molecule has 4 aromatic carbocycles. The number of Topliss-reactive ketones (excluding diaryl/α,β-unsaturated/α-hetero) is 1. The van der Waals surface area contributed by atoms with Crippen molar-refractivity contribution in [2.45, 2.75) is 64.5 Å². The number of anilines is 2. The molecule has 0 aliphatic carbocycles. The lowest BCUT2D eigenvalue weighted by molar-refractivity contribution is -0.131. The summed E-state index contributed by atoms with van der Waals surface area (Å²) in [7, 11) is 3.08. The first-order valence-corrected chi connectivity index (χ1v) is 21.4. The van der Waals surface area contributed by atoms with Gasteiger partial charge in [0.15, 0.2) is 5.78 Å². The summed E-state index contributed by atoms with van der Waals surface area (Å²) in [5.74, 6) is -3.40. The van der Waals surface area contributed by atoms with E-state index in [1.54, 1.807) is 70.8 Å². The van der Waals surface area contributed by atoms with Crippen LogP contribution in [0.25, 0.3) is 11.5 Å². The highest BCUT2D eigenvalue weighted by Gasteiger charge is 2.28. The van der Waals surface area contributed by atoms with Gasteiger partial charge in [-0.05, 0) is 105 Å². The van der Waals surface area contributed by atoms with Crippen LogP contribution in [0.3, 0.4) is 0 Å². The van der Waals surface area contributed by atoms with E-state index in [0.717, 1.165) is 50.7 Å². The molecule has 1 N–H and O–H groups in total. The Morgan fingerprint density at radius 1 is 0.657 bits per heavy atom. The first-order valence-electron chi connectivity index (χ1n) is 21.4. The smallest absolute Gasteiger partial charge is 0.324 e. The van der Waals surface area contributed by atoms with Gasteiger partial charge >= 0.3 is 24.9 Å². The van der Waals surface area contributed by atoms with E-state index in [2.05, 4.69) is 10.2 Å². The Morgan fingerprint density at radius 2 is 1.13 bits per heavy atom. The van der Waals surface area contributed by atoms with Gasteiger partial charge in [-0.1, -0.05) is 18.2 Å². The van der Waals surface area contributed by atoms with Gasteiger partial charge < -0.3 is 29.0 Å². The Labute approximate surface area is 382 Å². The lowest BCUT2D eigenvalue weighted by Crippen LogP contribution is -2.45. The topological polar surface area (TPSA) is 151 Å². The number of nitrogens with zero attached hydrogens (tertiary/aromatic N) is 6. The van der Waals surface area contributed by atoms with Crippen molar-refractivity contribution >= 4 is 35.1 Å². The van der Waals surface area contributed by atoms with Crippen LogP contribution in [0, 0.1) is 11.6 Å². The summed E-state index contributed by atoms with van der Waals surface area (Å²) in [4.78, 5) is 56.2. The Bertz CT molecular complexity index is 2460. The quantitative estimate of drug-likeness (QED) is 0.0849. The number of carbonyl (C=O) groups excluding carboxylic acids is 4. The van der Waals surface area contributed by atoms with E-state index in [1.165, 1.54) is 41.2 Å². The van der Waals surface area contributed by atoms with E-state index in [-0.39, 0.29) is 53.3 Å². The van der Waals surface area contributed by atoms with Gasteiger partial charge in [0.05, 0.1) is 33.9 Å². The maximum Gasteiger partial charge on any atom is 0.324 e. The molecular weight excluding hydrogens is 889 g/mol. The molecule has 0 atom stereocenters. The van der Waals surface area contributed by atoms with Crippen LogP contribution in [-0.2, 0) is 17.9 Å². The molecule has 2 aliphatic heterocycles. The van der Waals surface area contributed by atoms with Crippen molar-refractivity contribution < 1.29 is 59.4 Å². The number of nitrogens with one attached hydrogen (secondary N) is 1. The Kier molecular flexibility index (Phi) is 17.2. The molecule has 3 heterocycles. The predicted octanol–water partition coefficient (Wildman–Crippen LogP) is 9.45. The maximum absolute atomic E-state index is 15.0. The van der Waals surface area contributed by atoms with Crippen LogP contribution >= 0.6 is 0 Å². The highest BCUT2D eigenvalue weighted by molar-refractivity contribution is 5.99. The minimum Gasteiger partial charge on any atom is -0.497 e. The molecule has 0 bridgehead atoms. The SMILES string of the molecule is COc1ccc(N(Cc2ccc(-c3nnc(C(F)F)o3)cc2F)C(=O)N2CCCCC2)cc1.COc1ccc(N(Cc2ccc(C(=O)CNC(=O)C(F)F)cc2F)C(=O)N2CCCCC2)cc1. The number of hydrogen-bond acceptors (Lipinski definition) is 9. The fourth-order valence-electron chi connectivity index (χ4n) is 7.36. The normalized spacial score (nSPS) is 13.7. The van der Waals surface area contributed by atoms with Crippen LogP contribution in [0.1, 0.15) is 72.3 Å². The van der Waals surface area contributed by atoms with Crippen LogP contribution in [-0.4, -0.2) is 97.1 Å². The number of hydrogen-bond donors (Lipinski definition) is 1. The van der Waals surface area contributed by atoms with Crippen LogP contribution in [0.4, 0.5) is 47.3 Å². The average Bonchev–Trinajstić information content (AvgIpc) is 3.86. The molecule has 0 unspecified atom stereocenters. The number of carbonyl (C=O) groups is 4. The third-order valence-corrected chi connectivity index (χ3v) is 11.1. The first-order chi connectivity index (χ1) is 32.3. The molecule has 7 rings (SSSR count). The zero-order valence-corrected chi connectivity index (χ0v) is 36.7. The fraction of sp³-hybridized carbons (Fsp3) is 0.362. The number of benzene rings is 4. The summed E-state index contributed by atoms with van der Waals surface area (Å²) in [5.41, 5.74) is 1.70. The average molecular weight is 938 g/mol. The number of ether oxygens (including phenoxy) is 2. The Hall–Kier alpha value is -7.12. The second kappa shape index (κ2) is 23.4. The van der Waals surface area contributed by atoms with Gasteiger partial charge in [-0.3, -0.25) is 19.4 Å². The summed E-state index contributed by atoms with van der Waals surface area (Å²) in [6, 6.07) is 21.2. The van der Waals surface area contributed by atoms with E-state index in [0.29, 0.717) is 49.1 Å². The van der Waals surface area contributed by atoms with Crippen molar-refractivity contribution in [3.8, 4) is 23.0 Å². The minimum absolute atomic E-state index is 0.0140. The van der Waals surface area contributed by atoms with Gasteiger partial charge in [0.25, 0.3) is 11.8 Å². The van der Waals surface area contributed by atoms with Gasteiger partial charge in [-0.25, -0.2) is 18.4 Å². The standard InChI is InChI=1S/C24H26F3N3O4.C23H23F3N4O3/c1-34-19-9-7-18(8-10-19)30(24(33)29-11-3-2-4-12-29)15-17-6-5-16(13-20(17)25)21(31)14-28-23(32)22(26)27;1-32-18-9-7-17(8-10-18)30(23(31)29-11-3-2-4-12-29)14-16-6-5-15(13-19(16)24)21-27-28-22(33-21)20(25)26/h5-10,13,22H,2-4,11-12,14-15H2,1H3,(H,28,32);5-10,13,20H,2-4,11-12,14H2,1H3. The zero-order chi connectivity index (χ0) is 48.0. The monoisotopic (exact) mass is 937 g/mol. The van der Waals surface area contributed by atoms with Gasteiger partial charge in [-0.2, -0.15) is 17.6 Å². The maximum atomic E-state index is 15.0. The molecule has 0 saturated carbocycles. The number of urea groups is 2. The third kappa shape index (κ3) is 13.0. The lowest BCUT2D eigenvalue weighted by atomic mass is 10.1. The van der Waals surface area contributed by atoms with E-state index in [4.69, 9.17) is 13.9 Å². The number of ketones is 1. The van der Waals surface area contributed by atoms with Gasteiger partial charge in [0, 0.05) is 59.8 Å². The molecular formula is C47H49F6N7O7. The van der Waals surface area contributed by atoms with E-state index in [9.17, 15) is 45.5 Å². The molecule has 0 spiro atoms. The Morgan fingerprint density at radius 3 is 1.55 bits per heavy atom. The fourth-order valence-corrected chi connectivity index (χ4v) is 7.36. The summed E-state index contributed by atoms with van der Waals surface area (Å²) < 4.78 is 95.1. The highest BCUT2D eigenvalue weighted by atomic mass is 19.3. The summed E-state index contributed by atoms with van der Waals surface area (Å²) in [6.07, 6.45) is -0.376. The number of rotatable bonds is 14. The van der Waals surface area contributed by atoms with Crippen LogP contribution in [0.2, 0.25) is 0 Å². The molecule has 20 heteroatoms. The molecule has 14 nitrogen and oxygen atoms in total. The highest BCUT2D eigenvalue weighted by Crippen LogP contribution is 2.29. The summed E-state index contributed by atoms with van der Waals surface area (Å²) in [5, 5.41) is 8.61. The number of piperidine rings is 2. The van der Waals surface area contributed by atoms with Crippen LogP contribution in [0.5, 0.6) is 11.5 Å². The van der Waals surface area contributed by atoms with Crippen LogP contribution in [0.15, 0.2) is 89.3 Å². The minimum atomic E-state index is -3.24. The first kappa shape index (κ1) is 49.3. The molecule has 5 aromatic rings. The number of likely N-dealkylation sites (tertiary alicyclic amines) is 2. The number of halogens is 6. The Balaban J connectivity index is 0.000000221. The molecule has 356 valence electrons. The summed E-state index contributed by atoms with van der Waals surface area (Å²) >= 11 is 0. The number of alkyl halides is 4. The van der Waals surface area contributed by atoms with Crippen LogP contribution < -0.4 is 24.6 Å². The van der Waals surface area contributed by atoms with Gasteiger partial charge in [-0.15, -0.1) is 10.2 Å². The van der Waals surface area contributed by atoms with Crippen molar-refractivity contribution in [2.24, 2.45) is 0 Å². The molecule has 1 aromatic heterocycles. The third-order valence-electron chi connectivity index (χ3n) is 11.1. The molecule has 0 radical (unpaired) electrons. The largest absolute Gasteiger partial charge is 0.497 e.